The number of halogens is 1. The summed E-state index contributed by atoms with van der Waals surface area (Å²) in [6.45, 7) is 8.53. The van der Waals surface area contributed by atoms with Crippen molar-refractivity contribution in [3.8, 4) is 0 Å². The molecule has 0 spiro atoms. The summed E-state index contributed by atoms with van der Waals surface area (Å²) in [4.78, 5) is 11.4. The minimum absolute atomic E-state index is 0.131. The number of nitrogens with one attached hydrogen (secondary N) is 1. The Balaban J connectivity index is 4.90. The van der Waals surface area contributed by atoms with Gasteiger partial charge in [-0.1, -0.05) is 25.3 Å². The summed E-state index contributed by atoms with van der Waals surface area (Å²) >= 11 is 0. The Bertz CT molecular complexity index is 284. The molecule has 0 fully saturated rings. The number of rotatable bonds is 6. The van der Waals surface area contributed by atoms with Gasteiger partial charge in [0.15, 0.2) is 0 Å². The first-order valence-electron chi connectivity index (χ1n) is 4.59. The fourth-order valence-electron chi connectivity index (χ4n) is 1.10. The Hall–Kier alpha value is -1.42. The van der Waals surface area contributed by atoms with Crippen LogP contribution >= 0.6 is 0 Å². The average molecular weight is 213 g/mol. The fourth-order valence-corrected chi connectivity index (χ4v) is 1.10. The molecule has 84 valence electrons. The molecular weight excluding hydrogens is 197 g/mol. The molecule has 3 nitrogen and oxygen atoms in total. The van der Waals surface area contributed by atoms with Crippen molar-refractivity contribution in [2.24, 2.45) is 0 Å². The maximum Gasteiger partial charge on any atom is 0.327 e. The van der Waals surface area contributed by atoms with E-state index in [0.717, 1.165) is 0 Å². The van der Waals surface area contributed by atoms with Gasteiger partial charge in [-0.25, -0.2) is 9.18 Å². The standard InChI is InChI=1S/C11H16FNO2/c1-5-7-9(8(3)12)10(13-4)11(14)15-6-2/h5,7,10,13H,1,3,6H2,2,4H3/b9-7+. The first kappa shape index (κ1) is 13.6. The van der Waals surface area contributed by atoms with Gasteiger partial charge >= 0.3 is 5.97 Å². The van der Waals surface area contributed by atoms with E-state index in [9.17, 15) is 9.18 Å². The lowest BCUT2D eigenvalue weighted by atomic mass is 10.1. The predicted molar refractivity (Wildman–Crippen MR) is 58.0 cm³/mol. The lowest BCUT2D eigenvalue weighted by molar-refractivity contribution is -0.144. The van der Waals surface area contributed by atoms with Gasteiger partial charge in [-0.05, 0) is 14.0 Å². The lowest BCUT2D eigenvalue weighted by Gasteiger charge is -2.16. The maximum absolute atomic E-state index is 13.0. The van der Waals surface area contributed by atoms with E-state index in [2.05, 4.69) is 18.5 Å². The quantitative estimate of drug-likeness (QED) is 0.539. The van der Waals surface area contributed by atoms with Gasteiger partial charge in [-0.2, -0.15) is 0 Å². The molecule has 0 saturated heterocycles. The summed E-state index contributed by atoms with van der Waals surface area (Å²) < 4.78 is 17.8. The number of carbonyl (C=O) groups excluding carboxylic acids is 1. The number of allylic oxidation sites excluding steroid dienone is 2. The van der Waals surface area contributed by atoms with Gasteiger partial charge in [0.25, 0.3) is 0 Å². The molecule has 0 amide bonds. The van der Waals surface area contributed by atoms with Crippen LogP contribution in [0.5, 0.6) is 0 Å². The van der Waals surface area contributed by atoms with E-state index in [4.69, 9.17) is 4.74 Å². The normalized spacial score (nSPS) is 13.1. The van der Waals surface area contributed by atoms with E-state index >= 15 is 0 Å². The Morgan fingerprint density at radius 3 is 2.60 bits per heavy atom. The van der Waals surface area contributed by atoms with E-state index in [-0.39, 0.29) is 12.2 Å². The highest BCUT2D eigenvalue weighted by atomic mass is 19.1. The zero-order valence-electron chi connectivity index (χ0n) is 9.05. The third kappa shape index (κ3) is 4.08. The molecule has 0 aliphatic rings. The molecule has 0 radical (unpaired) electrons. The molecule has 0 aliphatic carbocycles. The predicted octanol–water partition coefficient (Wildman–Crippen LogP) is 1.73. The van der Waals surface area contributed by atoms with Crippen molar-refractivity contribution in [1.82, 2.24) is 5.32 Å². The lowest BCUT2D eigenvalue weighted by Crippen LogP contribution is -2.37. The Morgan fingerprint density at radius 2 is 2.27 bits per heavy atom. The monoisotopic (exact) mass is 213 g/mol. The van der Waals surface area contributed by atoms with Crippen molar-refractivity contribution in [3.63, 3.8) is 0 Å². The summed E-state index contributed by atoms with van der Waals surface area (Å²) in [5.74, 6) is -1.21. The van der Waals surface area contributed by atoms with Crippen LogP contribution in [0.1, 0.15) is 6.92 Å². The van der Waals surface area contributed by atoms with Gasteiger partial charge in [0.05, 0.1) is 6.61 Å². The molecule has 1 unspecified atom stereocenters. The minimum Gasteiger partial charge on any atom is -0.465 e. The van der Waals surface area contributed by atoms with Crippen molar-refractivity contribution >= 4 is 5.97 Å². The van der Waals surface area contributed by atoms with Crippen molar-refractivity contribution in [3.05, 3.63) is 36.7 Å². The summed E-state index contributed by atoms with van der Waals surface area (Å²) in [6.07, 6.45) is 2.78. The van der Waals surface area contributed by atoms with Crippen LogP contribution in [0.15, 0.2) is 36.7 Å². The second-order valence-electron chi connectivity index (χ2n) is 2.74. The van der Waals surface area contributed by atoms with Crippen LogP contribution < -0.4 is 5.32 Å². The van der Waals surface area contributed by atoms with Gasteiger partial charge in [0.1, 0.15) is 11.9 Å². The third-order valence-corrected chi connectivity index (χ3v) is 1.73. The molecular formula is C11H16FNO2. The fraction of sp³-hybridized carbons (Fsp3) is 0.364. The largest absolute Gasteiger partial charge is 0.465 e. The molecule has 0 aliphatic heterocycles. The summed E-state index contributed by atoms with van der Waals surface area (Å²) in [5, 5.41) is 2.66. The highest BCUT2D eigenvalue weighted by Gasteiger charge is 2.23. The van der Waals surface area contributed by atoms with Crippen LogP contribution in [0.4, 0.5) is 4.39 Å². The Kier molecular flexibility index (Phi) is 6.29. The van der Waals surface area contributed by atoms with E-state index in [1.807, 2.05) is 0 Å². The van der Waals surface area contributed by atoms with Crippen LogP contribution in [-0.2, 0) is 9.53 Å². The molecule has 0 rings (SSSR count). The van der Waals surface area contributed by atoms with Crippen LogP contribution in [0, 0.1) is 0 Å². The number of likely N-dealkylation sites (N-methyl/N-ethyl adjacent to an activating group) is 1. The van der Waals surface area contributed by atoms with Crippen LogP contribution in [-0.4, -0.2) is 25.7 Å². The van der Waals surface area contributed by atoms with Crippen LogP contribution in [0.3, 0.4) is 0 Å². The van der Waals surface area contributed by atoms with Gasteiger partial charge < -0.3 is 10.1 Å². The molecule has 0 heterocycles. The highest BCUT2D eigenvalue weighted by Crippen LogP contribution is 2.15. The second-order valence-corrected chi connectivity index (χ2v) is 2.74. The number of hydrogen-bond acceptors (Lipinski definition) is 3. The smallest absolute Gasteiger partial charge is 0.327 e. The average Bonchev–Trinajstić information content (AvgIpc) is 2.18. The number of carbonyl (C=O) groups is 1. The zero-order chi connectivity index (χ0) is 11.8. The number of ether oxygens (including phenoxy) is 1. The third-order valence-electron chi connectivity index (χ3n) is 1.73. The van der Waals surface area contributed by atoms with Gasteiger partial charge in [-0.15, -0.1) is 0 Å². The Morgan fingerprint density at radius 1 is 1.67 bits per heavy atom. The molecule has 15 heavy (non-hydrogen) atoms. The first-order chi connectivity index (χ1) is 7.08. The SMILES string of the molecule is C=C/C=C(\C(=C)F)C(NC)C(=O)OCC. The number of esters is 1. The van der Waals surface area contributed by atoms with Crippen molar-refractivity contribution in [1.29, 1.82) is 0 Å². The summed E-state index contributed by atoms with van der Waals surface area (Å²) in [7, 11) is 1.54. The van der Waals surface area contributed by atoms with E-state index in [1.165, 1.54) is 12.2 Å². The van der Waals surface area contributed by atoms with Crippen molar-refractivity contribution in [2.45, 2.75) is 13.0 Å². The Labute approximate surface area is 89.3 Å². The minimum atomic E-state index is -0.847. The van der Waals surface area contributed by atoms with Crippen molar-refractivity contribution < 1.29 is 13.9 Å². The van der Waals surface area contributed by atoms with E-state index < -0.39 is 17.8 Å². The van der Waals surface area contributed by atoms with Gasteiger partial charge in [-0.3, -0.25) is 0 Å². The van der Waals surface area contributed by atoms with Crippen LogP contribution in [0.25, 0.3) is 0 Å². The summed E-state index contributed by atoms with van der Waals surface area (Å²) in [5.41, 5.74) is 0.131. The van der Waals surface area contributed by atoms with Crippen LogP contribution in [0.2, 0.25) is 0 Å². The highest BCUT2D eigenvalue weighted by molar-refractivity contribution is 5.80. The first-order valence-corrected chi connectivity index (χ1v) is 4.59. The van der Waals surface area contributed by atoms with Crippen molar-refractivity contribution in [2.75, 3.05) is 13.7 Å². The zero-order valence-corrected chi connectivity index (χ0v) is 9.05. The second kappa shape index (κ2) is 6.95. The van der Waals surface area contributed by atoms with Gasteiger partial charge in [0, 0.05) is 5.57 Å². The van der Waals surface area contributed by atoms with E-state index in [0.29, 0.717) is 0 Å². The molecule has 0 saturated carbocycles. The molecule has 0 aromatic rings. The molecule has 0 bridgehead atoms. The van der Waals surface area contributed by atoms with Gasteiger partial charge in [0.2, 0.25) is 0 Å². The molecule has 1 N–H and O–H groups in total. The topological polar surface area (TPSA) is 38.3 Å². The summed E-state index contributed by atoms with van der Waals surface area (Å²) in [6, 6.07) is -0.847. The molecule has 4 heteroatoms. The maximum atomic E-state index is 13.0. The molecule has 0 aromatic carbocycles. The molecule has 0 aromatic heterocycles. The van der Waals surface area contributed by atoms with E-state index in [1.54, 1.807) is 14.0 Å². The molecule has 1 atom stereocenters. The number of hydrogen-bond donors (Lipinski definition) is 1.